The van der Waals surface area contributed by atoms with E-state index in [0.717, 1.165) is 4.90 Å². The fraction of sp³-hybridized carbons (Fsp3) is 0. The van der Waals surface area contributed by atoms with Crippen molar-refractivity contribution < 1.29 is 0 Å². The van der Waals surface area contributed by atoms with Gasteiger partial charge in [-0.05, 0) is 24.3 Å². The summed E-state index contributed by atoms with van der Waals surface area (Å²) >= 11 is 13.1. The molecule has 0 saturated heterocycles. The van der Waals surface area contributed by atoms with Gasteiger partial charge in [0.1, 0.15) is 5.03 Å². The lowest BCUT2D eigenvalue weighted by Crippen LogP contribution is -1.83. The van der Waals surface area contributed by atoms with E-state index in [0.29, 0.717) is 15.2 Å². The van der Waals surface area contributed by atoms with Crippen molar-refractivity contribution >= 4 is 35.0 Å². The Morgan fingerprint density at radius 2 is 1.60 bits per heavy atom. The van der Waals surface area contributed by atoms with Crippen molar-refractivity contribution in [1.82, 2.24) is 9.97 Å². The molecule has 0 saturated carbocycles. The molecule has 76 valence electrons. The van der Waals surface area contributed by atoms with Gasteiger partial charge in [-0.15, -0.1) is 0 Å². The Morgan fingerprint density at radius 3 is 2.27 bits per heavy atom. The fourth-order valence-corrected chi connectivity index (χ4v) is 2.08. The zero-order valence-electron chi connectivity index (χ0n) is 7.52. The molecule has 0 amide bonds. The maximum Gasteiger partial charge on any atom is 0.161 e. The van der Waals surface area contributed by atoms with Crippen LogP contribution in [0.2, 0.25) is 10.2 Å². The van der Waals surface area contributed by atoms with Crippen LogP contribution in [0.1, 0.15) is 0 Å². The summed E-state index contributed by atoms with van der Waals surface area (Å²) in [5.41, 5.74) is 0. The maximum atomic E-state index is 5.88. The van der Waals surface area contributed by atoms with Crippen LogP contribution in [0.5, 0.6) is 0 Å². The number of hydrogen-bond acceptors (Lipinski definition) is 3. The average Bonchev–Trinajstić information content (AvgIpc) is 2.25. The normalized spacial score (nSPS) is 10.3. The van der Waals surface area contributed by atoms with Crippen LogP contribution in [0.4, 0.5) is 0 Å². The van der Waals surface area contributed by atoms with Crippen molar-refractivity contribution in [3.05, 3.63) is 46.8 Å². The highest BCUT2D eigenvalue weighted by Crippen LogP contribution is 2.30. The van der Waals surface area contributed by atoms with Gasteiger partial charge >= 0.3 is 0 Å². The van der Waals surface area contributed by atoms with Crippen molar-refractivity contribution in [2.45, 2.75) is 9.92 Å². The van der Waals surface area contributed by atoms with Crippen molar-refractivity contribution in [3.8, 4) is 0 Å². The molecule has 0 aliphatic rings. The van der Waals surface area contributed by atoms with Gasteiger partial charge in [0, 0.05) is 22.3 Å². The SMILES string of the molecule is Clc1ccc(Sc2nccnc2Cl)cc1. The third-order valence-corrected chi connectivity index (χ3v) is 3.29. The predicted octanol–water partition coefficient (Wildman–Crippen LogP) is 3.93. The molecule has 0 spiro atoms. The molecule has 2 nitrogen and oxygen atoms in total. The van der Waals surface area contributed by atoms with Crippen LogP contribution in [0.25, 0.3) is 0 Å². The quantitative estimate of drug-likeness (QED) is 0.815. The number of hydrogen-bond donors (Lipinski definition) is 0. The number of benzene rings is 1. The average molecular weight is 257 g/mol. The summed E-state index contributed by atoms with van der Waals surface area (Å²) < 4.78 is 0. The first-order chi connectivity index (χ1) is 7.25. The molecule has 0 aliphatic heterocycles. The highest BCUT2D eigenvalue weighted by atomic mass is 35.5. The van der Waals surface area contributed by atoms with Crippen molar-refractivity contribution in [3.63, 3.8) is 0 Å². The monoisotopic (exact) mass is 256 g/mol. The molecule has 0 atom stereocenters. The summed E-state index contributed by atoms with van der Waals surface area (Å²) in [6.45, 7) is 0. The van der Waals surface area contributed by atoms with E-state index in [4.69, 9.17) is 23.2 Å². The molecule has 0 fully saturated rings. The summed E-state index contributed by atoms with van der Waals surface area (Å²) in [5.74, 6) is 0. The van der Waals surface area contributed by atoms with E-state index < -0.39 is 0 Å². The van der Waals surface area contributed by atoms with Crippen LogP contribution < -0.4 is 0 Å². The molecule has 1 aromatic heterocycles. The third kappa shape index (κ3) is 2.84. The molecule has 0 unspecified atom stereocenters. The largest absolute Gasteiger partial charge is 0.245 e. The summed E-state index contributed by atoms with van der Waals surface area (Å²) in [4.78, 5) is 9.11. The highest BCUT2D eigenvalue weighted by molar-refractivity contribution is 7.99. The highest BCUT2D eigenvalue weighted by Gasteiger charge is 2.04. The molecule has 2 rings (SSSR count). The molecule has 0 radical (unpaired) electrons. The Kier molecular flexibility index (Phi) is 3.46. The molecule has 1 heterocycles. The van der Waals surface area contributed by atoms with Gasteiger partial charge < -0.3 is 0 Å². The minimum Gasteiger partial charge on any atom is -0.245 e. The van der Waals surface area contributed by atoms with Crippen LogP contribution in [0, 0.1) is 0 Å². The standard InChI is InChI=1S/C10H6Cl2N2S/c11-7-1-3-8(4-2-7)15-10-9(12)13-5-6-14-10/h1-6H. The van der Waals surface area contributed by atoms with E-state index in [1.807, 2.05) is 24.3 Å². The Balaban J connectivity index is 2.22. The van der Waals surface area contributed by atoms with Gasteiger partial charge in [-0.2, -0.15) is 0 Å². The smallest absolute Gasteiger partial charge is 0.161 e. The molecule has 0 bridgehead atoms. The Morgan fingerprint density at radius 1 is 0.933 bits per heavy atom. The summed E-state index contributed by atoms with van der Waals surface area (Å²) in [6, 6.07) is 7.48. The second-order valence-corrected chi connectivity index (χ2v) is 4.56. The molecule has 0 N–H and O–H groups in total. The van der Waals surface area contributed by atoms with Crippen molar-refractivity contribution in [2.24, 2.45) is 0 Å². The van der Waals surface area contributed by atoms with Gasteiger partial charge in [0.2, 0.25) is 0 Å². The van der Waals surface area contributed by atoms with Crippen LogP contribution >= 0.6 is 35.0 Å². The Hall–Kier alpha value is -0.770. The Labute approximate surface area is 102 Å². The van der Waals surface area contributed by atoms with Crippen molar-refractivity contribution in [2.75, 3.05) is 0 Å². The number of halogens is 2. The summed E-state index contributed by atoms with van der Waals surface area (Å²) in [5, 5.41) is 1.82. The van der Waals surface area contributed by atoms with E-state index in [2.05, 4.69) is 9.97 Å². The van der Waals surface area contributed by atoms with Crippen LogP contribution in [0.3, 0.4) is 0 Å². The molecule has 1 aromatic carbocycles. The van der Waals surface area contributed by atoms with Gasteiger partial charge in [0.15, 0.2) is 5.15 Å². The second kappa shape index (κ2) is 4.84. The first-order valence-corrected chi connectivity index (χ1v) is 5.73. The molecule has 5 heteroatoms. The minimum atomic E-state index is 0.414. The van der Waals surface area contributed by atoms with E-state index in [-0.39, 0.29) is 0 Å². The minimum absolute atomic E-state index is 0.414. The van der Waals surface area contributed by atoms with Crippen LogP contribution in [-0.2, 0) is 0 Å². The fourth-order valence-electron chi connectivity index (χ4n) is 0.991. The predicted molar refractivity (Wildman–Crippen MR) is 62.6 cm³/mol. The third-order valence-electron chi connectivity index (χ3n) is 1.65. The molecule has 0 aliphatic carbocycles. The van der Waals surface area contributed by atoms with Gasteiger partial charge in [0.25, 0.3) is 0 Å². The van der Waals surface area contributed by atoms with Gasteiger partial charge in [-0.3, -0.25) is 0 Å². The first-order valence-electron chi connectivity index (χ1n) is 4.15. The summed E-state index contributed by atoms with van der Waals surface area (Å²) in [6.07, 6.45) is 3.18. The summed E-state index contributed by atoms with van der Waals surface area (Å²) in [7, 11) is 0. The van der Waals surface area contributed by atoms with Gasteiger partial charge in [-0.25, -0.2) is 9.97 Å². The number of nitrogens with zero attached hydrogens (tertiary/aromatic N) is 2. The zero-order valence-corrected chi connectivity index (χ0v) is 9.85. The van der Waals surface area contributed by atoms with Gasteiger partial charge in [0.05, 0.1) is 0 Å². The van der Waals surface area contributed by atoms with Crippen LogP contribution in [-0.4, -0.2) is 9.97 Å². The molecular formula is C10H6Cl2N2S. The van der Waals surface area contributed by atoms with E-state index in [1.165, 1.54) is 11.8 Å². The van der Waals surface area contributed by atoms with E-state index >= 15 is 0 Å². The van der Waals surface area contributed by atoms with E-state index in [9.17, 15) is 0 Å². The topological polar surface area (TPSA) is 25.8 Å². The van der Waals surface area contributed by atoms with E-state index in [1.54, 1.807) is 12.4 Å². The Bertz CT molecular complexity index is 459. The lowest BCUT2D eigenvalue weighted by molar-refractivity contribution is 1.06. The number of aromatic nitrogens is 2. The first kappa shape index (κ1) is 10.7. The van der Waals surface area contributed by atoms with Gasteiger partial charge in [-0.1, -0.05) is 35.0 Å². The maximum absolute atomic E-state index is 5.88. The zero-order chi connectivity index (χ0) is 10.7. The second-order valence-electron chi connectivity index (χ2n) is 2.71. The van der Waals surface area contributed by atoms with Crippen molar-refractivity contribution in [1.29, 1.82) is 0 Å². The van der Waals surface area contributed by atoms with Crippen LogP contribution in [0.15, 0.2) is 46.6 Å². The number of rotatable bonds is 2. The lowest BCUT2D eigenvalue weighted by Gasteiger charge is -2.01. The lowest BCUT2D eigenvalue weighted by atomic mass is 10.4. The molecule has 15 heavy (non-hydrogen) atoms. The molecular weight excluding hydrogens is 251 g/mol. The molecule has 2 aromatic rings.